The van der Waals surface area contributed by atoms with Gasteiger partial charge in [0.25, 0.3) is 0 Å². The maximum absolute atomic E-state index is 5.52. The fourth-order valence-electron chi connectivity index (χ4n) is 2.71. The summed E-state index contributed by atoms with van der Waals surface area (Å²) in [6.45, 7) is 6.51. The molecule has 0 aliphatic rings. The number of hydrogen-bond donors (Lipinski definition) is 1. The summed E-state index contributed by atoms with van der Waals surface area (Å²) in [6.07, 6.45) is 1.02. The fourth-order valence-corrected chi connectivity index (χ4v) is 4.10. The van der Waals surface area contributed by atoms with Crippen molar-refractivity contribution in [2.45, 2.75) is 33.2 Å². The molecule has 4 heteroatoms. The average molecular weight is 302 g/mol. The number of aryl methyl sites for hydroxylation is 2. The molecule has 2 aromatic heterocycles. The number of aromatic amines is 1. The molecule has 1 atom stereocenters. The highest BCUT2D eigenvalue weighted by Crippen LogP contribution is 2.26. The number of imidazole rings is 1. The van der Waals surface area contributed by atoms with Crippen molar-refractivity contribution >= 4 is 34.6 Å². The lowest BCUT2D eigenvalue weighted by Crippen LogP contribution is -2.07. The number of nitrogens with one attached hydrogen (secondary N) is 1. The van der Waals surface area contributed by atoms with E-state index in [0.29, 0.717) is 6.04 Å². The SMILES string of the molecule is Cc1ccc(CC(C)n2c(=S)[nH]c3c(C)cccc32)s1. The Morgan fingerprint density at radius 2 is 2.05 bits per heavy atom. The normalized spacial score (nSPS) is 12.9. The molecule has 104 valence electrons. The maximum atomic E-state index is 5.52. The summed E-state index contributed by atoms with van der Waals surface area (Å²) in [7, 11) is 0. The van der Waals surface area contributed by atoms with Crippen LogP contribution in [0.3, 0.4) is 0 Å². The van der Waals surface area contributed by atoms with Crippen molar-refractivity contribution in [1.82, 2.24) is 9.55 Å². The van der Waals surface area contributed by atoms with Crippen molar-refractivity contribution in [3.63, 3.8) is 0 Å². The maximum Gasteiger partial charge on any atom is 0.178 e. The Bertz CT molecular complexity index is 807. The largest absolute Gasteiger partial charge is 0.330 e. The van der Waals surface area contributed by atoms with Crippen molar-refractivity contribution in [2.75, 3.05) is 0 Å². The van der Waals surface area contributed by atoms with Crippen LogP contribution in [-0.2, 0) is 6.42 Å². The first-order chi connectivity index (χ1) is 9.56. The standard InChI is InChI=1S/C16H18N2S2/c1-10-5-4-6-14-15(10)17-16(19)18(14)11(2)9-13-8-7-12(3)20-13/h4-8,11H,9H2,1-3H3,(H,17,19). The second kappa shape index (κ2) is 5.19. The Kier molecular flexibility index (Phi) is 3.52. The minimum atomic E-state index is 0.357. The van der Waals surface area contributed by atoms with Gasteiger partial charge in [-0.1, -0.05) is 12.1 Å². The third kappa shape index (κ3) is 2.34. The van der Waals surface area contributed by atoms with Gasteiger partial charge in [0.1, 0.15) is 0 Å². The van der Waals surface area contributed by atoms with Crippen LogP contribution < -0.4 is 0 Å². The van der Waals surface area contributed by atoms with E-state index in [4.69, 9.17) is 12.2 Å². The third-order valence-electron chi connectivity index (χ3n) is 3.69. The molecule has 0 radical (unpaired) electrons. The van der Waals surface area contributed by atoms with Crippen molar-refractivity contribution in [1.29, 1.82) is 0 Å². The quantitative estimate of drug-likeness (QED) is 0.661. The zero-order valence-corrected chi connectivity index (χ0v) is 13.6. The van der Waals surface area contributed by atoms with E-state index in [1.807, 2.05) is 11.3 Å². The number of para-hydroxylation sites is 1. The van der Waals surface area contributed by atoms with Crippen LogP contribution in [-0.4, -0.2) is 9.55 Å². The van der Waals surface area contributed by atoms with Gasteiger partial charge in [0, 0.05) is 22.2 Å². The van der Waals surface area contributed by atoms with Crippen molar-refractivity contribution in [3.8, 4) is 0 Å². The molecule has 0 aliphatic carbocycles. The van der Waals surface area contributed by atoms with Gasteiger partial charge >= 0.3 is 0 Å². The zero-order chi connectivity index (χ0) is 14.3. The summed E-state index contributed by atoms with van der Waals surface area (Å²) in [4.78, 5) is 6.13. The first-order valence-electron chi connectivity index (χ1n) is 6.81. The molecule has 0 fully saturated rings. The van der Waals surface area contributed by atoms with E-state index in [-0.39, 0.29) is 0 Å². The Morgan fingerprint density at radius 3 is 2.75 bits per heavy atom. The van der Waals surface area contributed by atoms with Crippen LogP contribution in [0.15, 0.2) is 30.3 Å². The molecule has 0 bridgehead atoms. The zero-order valence-electron chi connectivity index (χ0n) is 11.9. The van der Waals surface area contributed by atoms with Gasteiger partial charge in [-0.15, -0.1) is 11.3 Å². The number of aromatic nitrogens is 2. The molecule has 20 heavy (non-hydrogen) atoms. The predicted molar refractivity (Wildman–Crippen MR) is 89.3 cm³/mol. The number of thiophene rings is 1. The lowest BCUT2D eigenvalue weighted by molar-refractivity contribution is 0.557. The Labute approximate surface area is 128 Å². The second-order valence-electron chi connectivity index (χ2n) is 5.33. The first kappa shape index (κ1) is 13.6. The monoisotopic (exact) mass is 302 g/mol. The van der Waals surface area contributed by atoms with Gasteiger partial charge in [-0.2, -0.15) is 0 Å². The molecule has 0 saturated heterocycles. The number of hydrogen-bond acceptors (Lipinski definition) is 2. The van der Waals surface area contributed by atoms with Gasteiger partial charge in [0.2, 0.25) is 0 Å². The predicted octanol–water partition coefficient (Wildman–Crippen LogP) is 5.18. The van der Waals surface area contributed by atoms with Gasteiger partial charge in [-0.25, -0.2) is 0 Å². The van der Waals surface area contributed by atoms with E-state index in [9.17, 15) is 0 Å². The molecule has 1 aromatic carbocycles. The molecule has 3 aromatic rings. The summed E-state index contributed by atoms with van der Waals surface area (Å²) in [5.74, 6) is 0. The molecular formula is C16H18N2S2. The molecule has 2 nitrogen and oxygen atoms in total. The van der Waals surface area contributed by atoms with Crippen molar-refractivity contribution < 1.29 is 0 Å². The number of fused-ring (bicyclic) bond motifs is 1. The highest BCUT2D eigenvalue weighted by molar-refractivity contribution is 7.71. The molecule has 3 rings (SSSR count). The highest BCUT2D eigenvalue weighted by atomic mass is 32.1. The average Bonchev–Trinajstić information content (AvgIpc) is 2.93. The topological polar surface area (TPSA) is 20.7 Å². The summed E-state index contributed by atoms with van der Waals surface area (Å²) in [6, 6.07) is 11.1. The summed E-state index contributed by atoms with van der Waals surface area (Å²) < 4.78 is 3.06. The van der Waals surface area contributed by atoms with Gasteiger partial charge in [0.15, 0.2) is 4.77 Å². The van der Waals surface area contributed by atoms with Crippen LogP contribution in [0.1, 0.15) is 28.3 Å². The Morgan fingerprint density at radius 1 is 1.25 bits per heavy atom. The second-order valence-corrected chi connectivity index (χ2v) is 7.09. The molecule has 0 aliphatic heterocycles. The van der Waals surface area contributed by atoms with Crippen LogP contribution in [0, 0.1) is 18.6 Å². The van der Waals surface area contributed by atoms with Crippen LogP contribution in [0.5, 0.6) is 0 Å². The molecule has 1 N–H and O–H groups in total. The molecule has 0 spiro atoms. The third-order valence-corrected chi connectivity index (χ3v) is 5.02. The van der Waals surface area contributed by atoms with Gasteiger partial charge in [-0.3, -0.25) is 0 Å². The highest BCUT2D eigenvalue weighted by Gasteiger charge is 2.13. The fraction of sp³-hybridized carbons (Fsp3) is 0.312. The van der Waals surface area contributed by atoms with Crippen LogP contribution in [0.2, 0.25) is 0 Å². The number of benzene rings is 1. The van der Waals surface area contributed by atoms with E-state index in [0.717, 1.165) is 16.7 Å². The lowest BCUT2D eigenvalue weighted by atomic mass is 10.1. The van der Waals surface area contributed by atoms with Gasteiger partial charge in [-0.05, 0) is 56.8 Å². The smallest absolute Gasteiger partial charge is 0.178 e. The van der Waals surface area contributed by atoms with Crippen LogP contribution >= 0.6 is 23.6 Å². The summed E-state index contributed by atoms with van der Waals surface area (Å²) >= 11 is 7.39. The summed E-state index contributed by atoms with van der Waals surface area (Å²) in [5.41, 5.74) is 3.61. The number of H-pyrrole nitrogens is 1. The minimum Gasteiger partial charge on any atom is -0.330 e. The molecule has 0 saturated carbocycles. The van der Waals surface area contributed by atoms with E-state index in [1.165, 1.54) is 20.8 Å². The molecule has 2 heterocycles. The van der Waals surface area contributed by atoms with E-state index < -0.39 is 0 Å². The first-order valence-corrected chi connectivity index (χ1v) is 8.04. The van der Waals surface area contributed by atoms with Crippen molar-refractivity contribution in [3.05, 3.63) is 50.4 Å². The van der Waals surface area contributed by atoms with Crippen LogP contribution in [0.4, 0.5) is 0 Å². The summed E-state index contributed by atoms with van der Waals surface area (Å²) in [5, 5.41) is 0. The Hall–Kier alpha value is -1.39. The van der Waals surface area contributed by atoms with E-state index in [1.54, 1.807) is 0 Å². The number of nitrogens with zero attached hydrogens (tertiary/aromatic N) is 1. The minimum absolute atomic E-state index is 0.357. The van der Waals surface area contributed by atoms with Crippen LogP contribution in [0.25, 0.3) is 11.0 Å². The van der Waals surface area contributed by atoms with E-state index >= 15 is 0 Å². The number of rotatable bonds is 3. The lowest BCUT2D eigenvalue weighted by Gasteiger charge is -2.13. The van der Waals surface area contributed by atoms with Gasteiger partial charge in [0.05, 0.1) is 11.0 Å². The van der Waals surface area contributed by atoms with Crippen molar-refractivity contribution in [2.24, 2.45) is 0 Å². The van der Waals surface area contributed by atoms with E-state index in [2.05, 4.69) is 60.7 Å². The molecule has 0 amide bonds. The van der Waals surface area contributed by atoms with Gasteiger partial charge < -0.3 is 9.55 Å². The molecular weight excluding hydrogens is 284 g/mol. The molecule has 1 unspecified atom stereocenters. The Balaban J connectivity index is 2.03.